The van der Waals surface area contributed by atoms with Crippen LogP contribution in [-0.2, 0) is 0 Å². The third kappa shape index (κ3) is 5.22. The fourth-order valence-corrected chi connectivity index (χ4v) is 2.87. The number of nitrogens with one attached hydrogen (secondary N) is 1. The van der Waals surface area contributed by atoms with E-state index in [4.69, 9.17) is 4.74 Å². The summed E-state index contributed by atoms with van der Waals surface area (Å²) in [5.74, 6) is 1.16. The number of carbonyl (C=O) groups is 1. The van der Waals surface area contributed by atoms with Gasteiger partial charge in [0.2, 0.25) is 0 Å². The van der Waals surface area contributed by atoms with Crippen LogP contribution in [-0.4, -0.2) is 69.1 Å². The van der Waals surface area contributed by atoms with Gasteiger partial charge < -0.3 is 19.9 Å². The van der Waals surface area contributed by atoms with Crippen LogP contribution in [0.5, 0.6) is 5.75 Å². The molecule has 1 aromatic carbocycles. The van der Waals surface area contributed by atoms with Crippen molar-refractivity contribution in [3.63, 3.8) is 0 Å². The predicted molar refractivity (Wildman–Crippen MR) is 93.2 cm³/mol. The van der Waals surface area contributed by atoms with Crippen LogP contribution in [0.3, 0.4) is 0 Å². The predicted octanol–water partition coefficient (Wildman–Crippen LogP) is 1.62. The van der Waals surface area contributed by atoms with Gasteiger partial charge in [-0.3, -0.25) is 4.79 Å². The molecule has 0 aromatic heterocycles. The maximum atomic E-state index is 12.3. The standard InChI is InChI=1S/C18H29N3O2/c1-14(13-21-9-7-20(3)8-10-21)12-19-18(22)16-6-5-15(2)17(11-16)23-4/h5-6,11,14H,7-10,12-13H2,1-4H3,(H,19,22)/t14-/m0/s1. The number of benzene rings is 1. The van der Waals surface area contributed by atoms with Gasteiger partial charge in [-0.25, -0.2) is 0 Å². The third-order valence-electron chi connectivity index (χ3n) is 4.45. The van der Waals surface area contributed by atoms with Crippen LogP contribution in [0.15, 0.2) is 18.2 Å². The Labute approximate surface area is 139 Å². The number of rotatable bonds is 6. The van der Waals surface area contributed by atoms with Crippen LogP contribution in [0, 0.1) is 12.8 Å². The van der Waals surface area contributed by atoms with E-state index in [-0.39, 0.29) is 5.91 Å². The van der Waals surface area contributed by atoms with Crippen molar-refractivity contribution in [3.8, 4) is 5.75 Å². The Bertz CT molecular complexity index is 525. The molecule has 23 heavy (non-hydrogen) atoms. The Hall–Kier alpha value is -1.59. The van der Waals surface area contributed by atoms with E-state index in [9.17, 15) is 4.79 Å². The van der Waals surface area contributed by atoms with E-state index in [0.29, 0.717) is 18.0 Å². The Morgan fingerprint density at radius 3 is 2.65 bits per heavy atom. The van der Waals surface area contributed by atoms with Crippen molar-refractivity contribution in [1.29, 1.82) is 0 Å². The lowest BCUT2D eigenvalue weighted by molar-refractivity contribution is 0.0937. The van der Waals surface area contributed by atoms with Crippen molar-refractivity contribution < 1.29 is 9.53 Å². The van der Waals surface area contributed by atoms with Gasteiger partial charge in [0.05, 0.1) is 7.11 Å². The van der Waals surface area contributed by atoms with Gasteiger partial charge in [0.15, 0.2) is 0 Å². The number of hydrogen-bond donors (Lipinski definition) is 1. The molecule has 0 radical (unpaired) electrons. The SMILES string of the molecule is COc1cc(C(=O)NC[C@H](C)CN2CCN(C)CC2)ccc1C. The Morgan fingerprint density at radius 2 is 2.00 bits per heavy atom. The first-order valence-corrected chi connectivity index (χ1v) is 8.33. The first kappa shape index (κ1) is 17.8. The van der Waals surface area contributed by atoms with E-state index in [2.05, 4.69) is 29.1 Å². The molecule has 2 rings (SSSR count). The Morgan fingerprint density at radius 1 is 1.30 bits per heavy atom. The molecule has 0 spiro atoms. The van der Waals surface area contributed by atoms with Crippen molar-refractivity contribution in [1.82, 2.24) is 15.1 Å². The van der Waals surface area contributed by atoms with Crippen molar-refractivity contribution in [2.75, 3.05) is 53.4 Å². The second-order valence-electron chi connectivity index (χ2n) is 6.60. The van der Waals surface area contributed by atoms with Crippen LogP contribution < -0.4 is 10.1 Å². The maximum Gasteiger partial charge on any atom is 0.251 e. The van der Waals surface area contributed by atoms with Crippen LogP contribution in [0.2, 0.25) is 0 Å². The molecule has 1 amide bonds. The number of amides is 1. The molecule has 1 aliphatic rings. The highest BCUT2D eigenvalue weighted by molar-refractivity contribution is 5.94. The van der Waals surface area contributed by atoms with Crippen molar-refractivity contribution in [2.24, 2.45) is 5.92 Å². The molecule has 1 aromatic rings. The minimum absolute atomic E-state index is 0.0338. The molecule has 1 fully saturated rings. The molecule has 1 aliphatic heterocycles. The second-order valence-corrected chi connectivity index (χ2v) is 6.60. The summed E-state index contributed by atoms with van der Waals surface area (Å²) < 4.78 is 5.28. The van der Waals surface area contributed by atoms with E-state index < -0.39 is 0 Å². The highest BCUT2D eigenvalue weighted by Crippen LogP contribution is 2.18. The second kappa shape index (κ2) is 8.31. The molecule has 1 atom stereocenters. The number of aryl methyl sites for hydroxylation is 1. The number of nitrogens with zero attached hydrogens (tertiary/aromatic N) is 2. The number of likely N-dealkylation sites (N-methyl/N-ethyl adjacent to an activating group) is 1. The molecule has 0 unspecified atom stereocenters. The molecule has 0 bridgehead atoms. The van der Waals surface area contributed by atoms with Crippen molar-refractivity contribution >= 4 is 5.91 Å². The molecule has 5 heteroatoms. The Balaban J connectivity index is 1.79. The molecule has 0 saturated carbocycles. The van der Waals surface area contributed by atoms with Gasteiger partial charge in [0.25, 0.3) is 5.91 Å². The fourth-order valence-electron chi connectivity index (χ4n) is 2.87. The van der Waals surface area contributed by atoms with Crippen molar-refractivity contribution in [3.05, 3.63) is 29.3 Å². The number of hydrogen-bond acceptors (Lipinski definition) is 4. The minimum Gasteiger partial charge on any atom is -0.496 e. The number of piperazine rings is 1. The lowest BCUT2D eigenvalue weighted by Crippen LogP contribution is -2.46. The highest BCUT2D eigenvalue weighted by atomic mass is 16.5. The summed E-state index contributed by atoms with van der Waals surface area (Å²) in [4.78, 5) is 17.1. The summed E-state index contributed by atoms with van der Waals surface area (Å²) >= 11 is 0. The zero-order valence-corrected chi connectivity index (χ0v) is 14.8. The summed E-state index contributed by atoms with van der Waals surface area (Å²) in [5.41, 5.74) is 1.69. The van der Waals surface area contributed by atoms with Gasteiger partial charge in [-0.2, -0.15) is 0 Å². The third-order valence-corrected chi connectivity index (χ3v) is 4.45. The van der Waals surface area contributed by atoms with Gasteiger partial charge in [-0.1, -0.05) is 13.0 Å². The van der Waals surface area contributed by atoms with Crippen LogP contribution >= 0.6 is 0 Å². The van der Waals surface area contributed by atoms with Gasteiger partial charge >= 0.3 is 0 Å². The zero-order valence-electron chi connectivity index (χ0n) is 14.8. The summed E-state index contributed by atoms with van der Waals surface area (Å²) in [6.07, 6.45) is 0. The van der Waals surface area contributed by atoms with Crippen LogP contribution in [0.1, 0.15) is 22.8 Å². The lowest BCUT2D eigenvalue weighted by atomic mass is 10.1. The van der Waals surface area contributed by atoms with Crippen LogP contribution in [0.25, 0.3) is 0 Å². The lowest BCUT2D eigenvalue weighted by Gasteiger charge is -2.33. The van der Waals surface area contributed by atoms with E-state index in [0.717, 1.165) is 44.0 Å². The first-order chi connectivity index (χ1) is 11.0. The number of methoxy groups -OCH3 is 1. The smallest absolute Gasteiger partial charge is 0.251 e. The molecular formula is C18H29N3O2. The largest absolute Gasteiger partial charge is 0.496 e. The quantitative estimate of drug-likeness (QED) is 0.865. The molecule has 1 heterocycles. The molecule has 0 aliphatic carbocycles. The first-order valence-electron chi connectivity index (χ1n) is 8.33. The molecule has 1 saturated heterocycles. The Kier molecular flexibility index (Phi) is 6.42. The maximum absolute atomic E-state index is 12.3. The van der Waals surface area contributed by atoms with Gasteiger partial charge in [-0.05, 0) is 37.6 Å². The fraction of sp³-hybridized carbons (Fsp3) is 0.611. The summed E-state index contributed by atoms with van der Waals surface area (Å²) in [6, 6.07) is 5.57. The van der Waals surface area contributed by atoms with E-state index in [1.165, 1.54) is 0 Å². The average molecular weight is 319 g/mol. The molecule has 1 N–H and O–H groups in total. The van der Waals surface area contributed by atoms with E-state index in [1.807, 2.05) is 19.1 Å². The summed E-state index contributed by atoms with van der Waals surface area (Å²) in [6.45, 7) is 10.4. The number of ether oxygens (including phenoxy) is 1. The molecule has 128 valence electrons. The number of carbonyl (C=O) groups excluding carboxylic acids is 1. The average Bonchev–Trinajstić information content (AvgIpc) is 2.55. The van der Waals surface area contributed by atoms with Crippen LogP contribution in [0.4, 0.5) is 0 Å². The summed E-state index contributed by atoms with van der Waals surface area (Å²) in [5, 5.41) is 3.04. The zero-order chi connectivity index (χ0) is 16.8. The van der Waals surface area contributed by atoms with E-state index >= 15 is 0 Å². The van der Waals surface area contributed by atoms with Gasteiger partial charge in [0.1, 0.15) is 5.75 Å². The minimum atomic E-state index is -0.0338. The normalized spacial score (nSPS) is 17.7. The molecular weight excluding hydrogens is 290 g/mol. The highest BCUT2D eigenvalue weighted by Gasteiger charge is 2.17. The topological polar surface area (TPSA) is 44.8 Å². The van der Waals surface area contributed by atoms with Crippen molar-refractivity contribution in [2.45, 2.75) is 13.8 Å². The summed E-state index contributed by atoms with van der Waals surface area (Å²) in [7, 11) is 3.79. The van der Waals surface area contributed by atoms with E-state index in [1.54, 1.807) is 13.2 Å². The molecule has 5 nitrogen and oxygen atoms in total. The monoisotopic (exact) mass is 319 g/mol. The van der Waals surface area contributed by atoms with Gasteiger partial charge in [-0.15, -0.1) is 0 Å². The van der Waals surface area contributed by atoms with Gasteiger partial charge in [0, 0.05) is 44.8 Å².